The fourth-order valence-corrected chi connectivity index (χ4v) is 2.27. The number of amides is 1. The lowest BCUT2D eigenvalue weighted by molar-refractivity contribution is -0.137. The molecule has 0 unspecified atom stereocenters. The molecular weight excluding hydrogens is 335 g/mol. The van der Waals surface area contributed by atoms with Crippen LogP contribution in [0.4, 0.5) is 13.2 Å². The summed E-state index contributed by atoms with van der Waals surface area (Å²) < 4.78 is 42.9. The zero-order valence-electron chi connectivity index (χ0n) is 14.1. The van der Waals surface area contributed by atoms with Gasteiger partial charge in [-0.3, -0.25) is 4.79 Å². The van der Waals surface area contributed by atoms with Crippen molar-refractivity contribution in [3.8, 4) is 11.5 Å². The third-order valence-electron chi connectivity index (χ3n) is 3.80. The highest BCUT2D eigenvalue weighted by molar-refractivity contribution is 5.92. The Morgan fingerprint density at radius 3 is 2.40 bits per heavy atom. The fraction of sp³-hybridized carbons (Fsp3) is 0.412. The molecule has 1 N–H and O–H groups in total. The lowest BCUT2D eigenvalue weighted by atomic mass is 10.1. The maximum Gasteiger partial charge on any atom is 0.416 e. The number of aromatic nitrogens is 1. The first kappa shape index (κ1) is 19.0. The van der Waals surface area contributed by atoms with Gasteiger partial charge >= 0.3 is 6.18 Å². The highest BCUT2D eigenvalue weighted by Crippen LogP contribution is 2.30. The van der Waals surface area contributed by atoms with E-state index in [9.17, 15) is 18.0 Å². The quantitative estimate of drug-likeness (QED) is 0.827. The predicted molar refractivity (Wildman–Crippen MR) is 87.1 cm³/mol. The maximum absolute atomic E-state index is 12.6. The van der Waals surface area contributed by atoms with Crippen molar-refractivity contribution in [2.45, 2.75) is 20.0 Å². The zero-order chi connectivity index (χ0) is 18.4. The first-order valence-corrected chi connectivity index (χ1v) is 7.98. The van der Waals surface area contributed by atoms with Crippen LogP contribution in [0.5, 0.6) is 0 Å². The molecule has 2 rings (SSSR count). The molecule has 0 bridgehead atoms. The maximum atomic E-state index is 12.6. The summed E-state index contributed by atoms with van der Waals surface area (Å²) in [5.41, 5.74) is -0.290. The SMILES string of the molecule is CCN(CC)CCNC(=O)c1coc(-c2ccc(C(F)(F)F)cc2)n1. The van der Waals surface area contributed by atoms with Crippen LogP contribution in [0.2, 0.25) is 0 Å². The van der Waals surface area contributed by atoms with Gasteiger partial charge in [-0.1, -0.05) is 13.8 Å². The summed E-state index contributed by atoms with van der Waals surface area (Å²) in [5.74, 6) is -0.281. The Hall–Kier alpha value is -2.35. The van der Waals surface area contributed by atoms with Crippen LogP contribution in [-0.2, 0) is 6.18 Å². The number of carbonyl (C=O) groups excluding carboxylic acids is 1. The molecule has 0 spiro atoms. The molecule has 0 fully saturated rings. The van der Waals surface area contributed by atoms with E-state index >= 15 is 0 Å². The summed E-state index contributed by atoms with van der Waals surface area (Å²) in [6, 6.07) is 4.42. The molecule has 0 aliphatic rings. The lowest BCUT2D eigenvalue weighted by Gasteiger charge is -2.17. The molecule has 0 atom stereocenters. The van der Waals surface area contributed by atoms with E-state index in [2.05, 4.69) is 15.2 Å². The van der Waals surface area contributed by atoms with Crippen LogP contribution < -0.4 is 5.32 Å². The Bertz CT molecular complexity index is 692. The van der Waals surface area contributed by atoms with Crippen LogP contribution in [-0.4, -0.2) is 42.0 Å². The van der Waals surface area contributed by atoms with Gasteiger partial charge in [0, 0.05) is 18.7 Å². The van der Waals surface area contributed by atoms with Crippen LogP contribution in [0.15, 0.2) is 34.9 Å². The van der Waals surface area contributed by atoms with E-state index in [-0.39, 0.29) is 17.5 Å². The van der Waals surface area contributed by atoms with Crippen molar-refractivity contribution in [2.75, 3.05) is 26.2 Å². The second-order valence-corrected chi connectivity index (χ2v) is 5.40. The molecule has 5 nitrogen and oxygen atoms in total. The summed E-state index contributed by atoms with van der Waals surface area (Å²) in [5, 5.41) is 2.74. The van der Waals surface area contributed by atoms with Crippen molar-refractivity contribution in [1.29, 1.82) is 0 Å². The zero-order valence-corrected chi connectivity index (χ0v) is 14.1. The van der Waals surface area contributed by atoms with Crippen molar-refractivity contribution in [3.63, 3.8) is 0 Å². The Morgan fingerprint density at radius 1 is 1.20 bits per heavy atom. The van der Waals surface area contributed by atoms with Crippen LogP contribution in [0.1, 0.15) is 29.9 Å². The summed E-state index contributed by atoms with van der Waals surface area (Å²) in [6.45, 7) is 7.08. The minimum atomic E-state index is -4.40. The normalized spacial score (nSPS) is 11.8. The highest BCUT2D eigenvalue weighted by atomic mass is 19.4. The number of carbonyl (C=O) groups is 1. The lowest BCUT2D eigenvalue weighted by Crippen LogP contribution is -2.34. The van der Waals surface area contributed by atoms with Crippen LogP contribution >= 0.6 is 0 Å². The molecule has 1 heterocycles. The number of benzene rings is 1. The van der Waals surface area contributed by atoms with Gasteiger partial charge in [0.25, 0.3) is 5.91 Å². The Balaban J connectivity index is 1.98. The Kier molecular flexibility index (Phi) is 6.19. The number of halogens is 3. The highest BCUT2D eigenvalue weighted by Gasteiger charge is 2.30. The molecule has 2 aromatic rings. The van der Waals surface area contributed by atoms with Crippen molar-refractivity contribution in [2.24, 2.45) is 0 Å². The van der Waals surface area contributed by atoms with Crippen molar-refractivity contribution in [1.82, 2.24) is 15.2 Å². The molecule has 0 radical (unpaired) electrons. The van der Waals surface area contributed by atoms with Gasteiger partial charge in [0.2, 0.25) is 5.89 Å². The Morgan fingerprint density at radius 2 is 1.84 bits per heavy atom. The third kappa shape index (κ3) is 5.06. The van der Waals surface area contributed by atoms with E-state index in [0.717, 1.165) is 31.8 Å². The second kappa shape index (κ2) is 8.15. The van der Waals surface area contributed by atoms with E-state index in [1.54, 1.807) is 0 Å². The standard InChI is InChI=1S/C17H20F3N3O2/c1-3-23(4-2)10-9-21-15(24)14-11-25-16(22-14)12-5-7-13(8-6-12)17(18,19)20/h5-8,11H,3-4,9-10H2,1-2H3,(H,21,24). The number of hydrogen-bond donors (Lipinski definition) is 1. The van der Waals surface area contributed by atoms with Crippen molar-refractivity contribution < 1.29 is 22.4 Å². The molecule has 0 aliphatic heterocycles. The number of hydrogen-bond acceptors (Lipinski definition) is 4. The molecule has 0 aliphatic carbocycles. The number of nitrogens with one attached hydrogen (secondary N) is 1. The molecule has 1 aromatic carbocycles. The smallest absolute Gasteiger partial charge is 0.416 e. The van der Waals surface area contributed by atoms with E-state index in [4.69, 9.17) is 4.42 Å². The van der Waals surface area contributed by atoms with Crippen LogP contribution in [0.3, 0.4) is 0 Å². The Labute approximate surface area is 143 Å². The van der Waals surface area contributed by atoms with E-state index in [0.29, 0.717) is 12.1 Å². The fourth-order valence-electron chi connectivity index (χ4n) is 2.27. The van der Waals surface area contributed by atoms with Gasteiger partial charge < -0.3 is 14.6 Å². The minimum Gasteiger partial charge on any atom is -0.444 e. The van der Waals surface area contributed by atoms with Gasteiger partial charge in [0.15, 0.2) is 5.69 Å². The van der Waals surface area contributed by atoms with Crippen LogP contribution in [0, 0.1) is 0 Å². The van der Waals surface area contributed by atoms with Gasteiger partial charge in [-0.2, -0.15) is 13.2 Å². The van der Waals surface area contributed by atoms with Crippen molar-refractivity contribution >= 4 is 5.91 Å². The monoisotopic (exact) mass is 355 g/mol. The first-order valence-electron chi connectivity index (χ1n) is 7.98. The average Bonchev–Trinajstić information content (AvgIpc) is 3.08. The molecule has 0 saturated heterocycles. The number of likely N-dealkylation sites (N-methyl/N-ethyl adjacent to an activating group) is 1. The van der Waals surface area contributed by atoms with Gasteiger partial charge in [0.1, 0.15) is 6.26 Å². The summed E-state index contributed by atoms with van der Waals surface area (Å²) in [6.07, 6.45) is -3.20. The van der Waals surface area contributed by atoms with Crippen molar-refractivity contribution in [3.05, 3.63) is 41.8 Å². The molecular formula is C17H20F3N3O2. The molecule has 8 heteroatoms. The number of nitrogens with zero attached hydrogens (tertiary/aromatic N) is 2. The topological polar surface area (TPSA) is 58.4 Å². The third-order valence-corrected chi connectivity index (χ3v) is 3.80. The molecule has 1 amide bonds. The number of alkyl halides is 3. The minimum absolute atomic E-state index is 0.0921. The average molecular weight is 355 g/mol. The second-order valence-electron chi connectivity index (χ2n) is 5.40. The molecule has 25 heavy (non-hydrogen) atoms. The van der Waals surface area contributed by atoms with Gasteiger partial charge in [-0.25, -0.2) is 4.98 Å². The summed E-state index contributed by atoms with van der Waals surface area (Å²) >= 11 is 0. The molecule has 136 valence electrons. The van der Waals surface area contributed by atoms with E-state index in [1.165, 1.54) is 18.4 Å². The van der Waals surface area contributed by atoms with Gasteiger partial charge in [-0.15, -0.1) is 0 Å². The number of rotatable bonds is 7. The molecule has 1 aromatic heterocycles. The number of oxazole rings is 1. The van der Waals surface area contributed by atoms with Gasteiger partial charge in [0.05, 0.1) is 5.56 Å². The first-order chi connectivity index (χ1) is 11.8. The summed E-state index contributed by atoms with van der Waals surface area (Å²) in [7, 11) is 0. The largest absolute Gasteiger partial charge is 0.444 e. The van der Waals surface area contributed by atoms with Crippen LogP contribution in [0.25, 0.3) is 11.5 Å². The van der Waals surface area contributed by atoms with E-state index < -0.39 is 11.7 Å². The predicted octanol–water partition coefficient (Wildman–Crippen LogP) is 3.43. The van der Waals surface area contributed by atoms with Gasteiger partial charge in [-0.05, 0) is 37.4 Å². The molecule has 0 saturated carbocycles. The summed E-state index contributed by atoms with van der Waals surface area (Å²) in [4.78, 5) is 18.2. The van der Waals surface area contributed by atoms with E-state index in [1.807, 2.05) is 13.8 Å².